The zero-order valence-electron chi connectivity index (χ0n) is 8.19. The molecule has 0 unspecified atom stereocenters. The Morgan fingerprint density at radius 1 is 2.33 bits per heavy atom. The third-order valence-electron chi connectivity index (χ3n) is 0.263. The van der Waals surface area contributed by atoms with Gasteiger partial charge in [-0.25, -0.2) is 0 Å². The van der Waals surface area contributed by atoms with Crippen molar-refractivity contribution in [2.24, 2.45) is 5.73 Å². The highest BCUT2D eigenvalue weighted by Gasteiger charge is 1.84. The zero-order chi connectivity index (χ0) is 9.28. The minimum absolute atomic E-state index is 0.774. The van der Waals surface area contributed by atoms with Crippen LogP contribution in [-0.4, -0.2) is 5.91 Å². The SMILES string of the molecule is [2H]C([2H])([2H])C([2H])([2H])CC(N)=O. The summed E-state index contributed by atoms with van der Waals surface area (Å²) >= 11 is 0. The summed E-state index contributed by atoms with van der Waals surface area (Å²) in [5, 5.41) is 0. The Hall–Kier alpha value is -0.530. The lowest BCUT2D eigenvalue weighted by Crippen LogP contribution is -2.08. The molecule has 6 heavy (non-hydrogen) atoms. The van der Waals surface area contributed by atoms with Crippen LogP contribution in [0.4, 0.5) is 0 Å². The van der Waals surface area contributed by atoms with Gasteiger partial charge < -0.3 is 5.73 Å². The van der Waals surface area contributed by atoms with Gasteiger partial charge in [0, 0.05) is 13.3 Å². The van der Waals surface area contributed by atoms with E-state index in [2.05, 4.69) is 5.73 Å². The average Bonchev–Trinajstić information content (AvgIpc) is 1.56. The molecule has 0 aromatic carbocycles. The van der Waals surface area contributed by atoms with Gasteiger partial charge >= 0.3 is 0 Å². The van der Waals surface area contributed by atoms with Crippen LogP contribution in [0.2, 0.25) is 0 Å². The van der Waals surface area contributed by atoms with Crippen LogP contribution in [0.3, 0.4) is 0 Å². The Morgan fingerprint density at radius 3 is 3.17 bits per heavy atom. The van der Waals surface area contributed by atoms with Crippen molar-refractivity contribution in [1.82, 2.24) is 0 Å². The normalized spacial score (nSPS) is 25.0. The van der Waals surface area contributed by atoms with Crippen LogP contribution < -0.4 is 5.73 Å². The van der Waals surface area contributed by atoms with Crippen LogP contribution in [0.5, 0.6) is 0 Å². The first-order valence-electron chi connectivity index (χ1n) is 3.95. The molecule has 0 fully saturated rings. The molecule has 0 saturated heterocycles. The van der Waals surface area contributed by atoms with E-state index in [1.807, 2.05) is 0 Å². The minimum atomic E-state index is -2.79. The molecular weight excluding hydrogens is 78.0 g/mol. The summed E-state index contributed by atoms with van der Waals surface area (Å²) in [5.41, 5.74) is 4.65. The third-order valence-corrected chi connectivity index (χ3v) is 0.263. The van der Waals surface area contributed by atoms with E-state index in [-0.39, 0.29) is 0 Å². The predicted octanol–water partition coefficient (Wildman–Crippen LogP) is 0.272. The standard InChI is InChI=1S/C4H9NO/c1-2-3-4(5)6/h2-3H2,1H3,(H2,5,6)/i1D3,2D2. The molecule has 2 nitrogen and oxygen atoms in total. The first-order valence-corrected chi connectivity index (χ1v) is 1.45. The summed E-state index contributed by atoms with van der Waals surface area (Å²) in [5.74, 6) is -0.953. The zero-order valence-corrected chi connectivity index (χ0v) is 3.19. The molecule has 0 spiro atoms. The van der Waals surface area contributed by atoms with Gasteiger partial charge in [0.2, 0.25) is 5.91 Å². The molecule has 0 aliphatic heterocycles. The highest BCUT2D eigenvalue weighted by molar-refractivity contribution is 5.73. The van der Waals surface area contributed by atoms with E-state index in [9.17, 15) is 4.79 Å². The molecule has 0 saturated carbocycles. The van der Waals surface area contributed by atoms with Gasteiger partial charge in [-0.1, -0.05) is 6.85 Å². The predicted molar refractivity (Wildman–Crippen MR) is 24.1 cm³/mol. The molecule has 0 aliphatic rings. The molecule has 1 amide bonds. The number of hydrogen-bond donors (Lipinski definition) is 1. The van der Waals surface area contributed by atoms with E-state index in [0.29, 0.717) is 0 Å². The molecule has 0 aromatic heterocycles. The van der Waals surface area contributed by atoms with Crippen molar-refractivity contribution in [1.29, 1.82) is 0 Å². The maximum atomic E-state index is 10.2. The number of carbonyl (C=O) groups is 1. The largest absolute Gasteiger partial charge is 0.370 e. The van der Waals surface area contributed by atoms with Crippen molar-refractivity contribution in [2.45, 2.75) is 19.6 Å². The van der Waals surface area contributed by atoms with Crippen molar-refractivity contribution in [3.05, 3.63) is 0 Å². The van der Waals surface area contributed by atoms with Gasteiger partial charge in [0.1, 0.15) is 0 Å². The number of rotatable bonds is 2. The van der Waals surface area contributed by atoms with Crippen molar-refractivity contribution >= 4 is 5.91 Å². The Morgan fingerprint density at radius 2 is 3.00 bits per heavy atom. The fourth-order valence-corrected chi connectivity index (χ4v) is 0.0871. The van der Waals surface area contributed by atoms with Crippen LogP contribution in [0.15, 0.2) is 0 Å². The molecule has 0 aliphatic carbocycles. The summed E-state index contributed by atoms with van der Waals surface area (Å²) in [6.45, 7) is -2.79. The average molecular weight is 92.2 g/mol. The Labute approximate surface area is 44.4 Å². The van der Waals surface area contributed by atoms with Crippen LogP contribution >= 0.6 is 0 Å². The Bertz CT molecular complexity index is 162. The Kier molecular flexibility index (Phi) is 0.547. The van der Waals surface area contributed by atoms with Gasteiger partial charge in [0.15, 0.2) is 0 Å². The van der Waals surface area contributed by atoms with Gasteiger partial charge in [-0.2, -0.15) is 0 Å². The molecule has 0 bridgehead atoms. The lowest BCUT2D eigenvalue weighted by Gasteiger charge is -1.81. The van der Waals surface area contributed by atoms with Crippen molar-refractivity contribution < 1.29 is 11.6 Å². The summed E-state index contributed by atoms with van der Waals surface area (Å²) in [4.78, 5) is 10.2. The van der Waals surface area contributed by atoms with E-state index < -0.39 is 25.6 Å². The lowest BCUT2D eigenvalue weighted by molar-refractivity contribution is -0.118. The fourth-order valence-electron chi connectivity index (χ4n) is 0.0871. The Balaban J connectivity index is 4.34. The van der Waals surface area contributed by atoms with E-state index in [4.69, 9.17) is 6.85 Å². The first kappa shape index (κ1) is 1.22. The first-order chi connectivity index (χ1) is 4.67. The van der Waals surface area contributed by atoms with Crippen LogP contribution in [-0.2, 0) is 4.79 Å². The number of hydrogen-bond acceptors (Lipinski definition) is 1. The number of primary amides is 1. The highest BCUT2D eigenvalue weighted by atomic mass is 16.1. The molecule has 0 radical (unpaired) electrons. The maximum Gasteiger partial charge on any atom is 0.217 e. The molecule has 0 heterocycles. The highest BCUT2D eigenvalue weighted by Crippen LogP contribution is 1.79. The van der Waals surface area contributed by atoms with Crippen molar-refractivity contribution in [3.8, 4) is 0 Å². The van der Waals surface area contributed by atoms with Crippen LogP contribution in [0, 0.1) is 0 Å². The van der Waals surface area contributed by atoms with Gasteiger partial charge in [0.05, 0.1) is 0 Å². The fraction of sp³-hybridized carbons (Fsp3) is 0.750. The smallest absolute Gasteiger partial charge is 0.217 e. The number of nitrogens with two attached hydrogens (primary N) is 1. The maximum absolute atomic E-state index is 10.2. The van der Waals surface area contributed by atoms with Crippen molar-refractivity contribution in [2.75, 3.05) is 0 Å². The summed E-state index contributed by atoms with van der Waals surface area (Å²) in [7, 11) is 0. The van der Waals surface area contributed by atoms with E-state index >= 15 is 0 Å². The quantitative estimate of drug-likeness (QED) is 0.522. The second-order valence-electron chi connectivity index (χ2n) is 0.820. The second kappa shape index (κ2) is 2.69. The van der Waals surface area contributed by atoms with Gasteiger partial charge in [0.25, 0.3) is 0 Å². The van der Waals surface area contributed by atoms with Crippen molar-refractivity contribution in [3.63, 3.8) is 0 Å². The van der Waals surface area contributed by atoms with Gasteiger partial charge in [-0.15, -0.1) is 0 Å². The monoisotopic (exact) mass is 92.1 g/mol. The molecule has 0 rings (SSSR count). The topological polar surface area (TPSA) is 43.1 Å². The third kappa shape index (κ3) is 3.47. The van der Waals surface area contributed by atoms with Crippen LogP contribution in [0.25, 0.3) is 0 Å². The second-order valence-corrected chi connectivity index (χ2v) is 0.820. The van der Waals surface area contributed by atoms with E-state index in [0.717, 1.165) is 0 Å². The number of carbonyl (C=O) groups excluding carboxylic acids is 1. The molecule has 0 aromatic rings. The molecule has 2 N–H and O–H groups in total. The molecule has 2 heteroatoms. The molecule has 0 atom stereocenters. The number of amides is 1. The lowest BCUT2D eigenvalue weighted by atomic mass is 10.3. The summed E-state index contributed by atoms with van der Waals surface area (Å²) in [6, 6.07) is 0. The molecule has 36 valence electrons. The van der Waals surface area contributed by atoms with Crippen LogP contribution in [0.1, 0.15) is 26.5 Å². The minimum Gasteiger partial charge on any atom is -0.370 e. The van der Waals surface area contributed by atoms with E-state index in [1.165, 1.54) is 0 Å². The summed E-state index contributed by atoms with van der Waals surface area (Å²) in [6.07, 6.45) is -3.29. The summed E-state index contributed by atoms with van der Waals surface area (Å²) < 4.78 is 33.9. The van der Waals surface area contributed by atoms with E-state index in [1.54, 1.807) is 0 Å². The van der Waals surface area contributed by atoms with Gasteiger partial charge in [-0.05, 0) is 6.37 Å². The molecular formula is C4H9NO. The van der Waals surface area contributed by atoms with Gasteiger partial charge in [-0.3, -0.25) is 4.79 Å².